The van der Waals surface area contributed by atoms with Gasteiger partial charge in [0.1, 0.15) is 11.5 Å². The van der Waals surface area contributed by atoms with Crippen molar-refractivity contribution in [2.24, 2.45) is 0 Å². The van der Waals surface area contributed by atoms with Crippen molar-refractivity contribution in [1.82, 2.24) is 0 Å². The Hall–Kier alpha value is -2.48. The fourth-order valence-electron chi connectivity index (χ4n) is 2.80. The molecule has 0 amide bonds. The lowest BCUT2D eigenvalue weighted by molar-refractivity contribution is -0.130. The Morgan fingerprint density at radius 3 is 2.43 bits per heavy atom. The topological polar surface area (TPSA) is 54.0 Å². The van der Waals surface area contributed by atoms with Crippen molar-refractivity contribution in [1.29, 1.82) is 0 Å². The highest BCUT2D eigenvalue weighted by molar-refractivity contribution is 14.1. The second-order valence-electron chi connectivity index (χ2n) is 5.92. The molecular formula is C22H21IO5. The van der Waals surface area contributed by atoms with Crippen LogP contribution >= 0.6 is 22.6 Å². The molecule has 0 N–H and O–H groups in total. The minimum Gasteiger partial charge on any atom is -0.494 e. The molecule has 2 aromatic rings. The fourth-order valence-corrected chi connectivity index (χ4v) is 3.58. The van der Waals surface area contributed by atoms with Gasteiger partial charge in [-0.25, -0.2) is 4.79 Å². The zero-order valence-electron chi connectivity index (χ0n) is 16.0. The van der Waals surface area contributed by atoms with Crippen LogP contribution in [-0.2, 0) is 9.53 Å². The summed E-state index contributed by atoms with van der Waals surface area (Å²) in [7, 11) is 1.60. The van der Waals surface area contributed by atoms with Gasteiger partial charge in [-0.15, -0.1) is 0 Å². The standard InChI is InChI=1S/C22H21IO5/c1-4-26-17-8-6-15(7-9-17)19-13-16(22(24)28-19)10-14-11-18(23)21(27-5-2)20(12-14)25-3/h6-13H,4-5H2,1-3H3/b16-10+. The zero-order chi connectivity index (χ0) is 20.1. The third-order valence-electron chi connectivity index (χ3n) is 4.04. The largest absolute Gasteiger partial charge is 0.494 e. The Morgan fingerprint density at radius 1 is 1.07 bits per heavy atom. The highest BCUT2D eigenvalue weighted by Crippen LogP contribution is 2.35. The van der Waals surface area contributed by atoms with Crippen LogP contribution in [0.2, 0.25) is 0 Å². The number of carbonyl (C=O) groups excluding carboxylic acids is 1. The molecule has 1 heterocycles. The summed E-state index contributed by atoms with van der Waals surface area (Å²) in [5, 5.41) is 0. The molecule has 0 saturated heterocycles. The molecule has 2 aromatic carbocycles. The number of methoxy groups -OCH3 is 1. The van der Waals surface area contributed by atoms with Crippen LogP contribution in [0.3, 0.4) is 0 Å². The maximum absolute atomic E-state index is 12.3. The van der Waals surface area contributed by atoms with Gasteiger partial charge in [-0.1, -0.05) is 0 Å². The molecule has 0 spiro atoms. The number of esters is 1. The molecule has 0 atom stereocenters. The smallest absolute Gasteiger partial charge is 0.343 e. The van der Waals surface area contributed by atoms with Crippen molar-refractivity contribution < 1.29 is 23.7 Å². The van der Waals surface area contributed by atoms with E-state index in [1.165, 1.54) is 0 Å². The van der Waals surface area contributed by atoms with Crippen LogP contribution in [0.25, 0.3) is 11.8 Å². The van der Waals surface area contributed by atoms with E-state index in [9.17, 15) is 4.79 Å². The fraction of sp³-hybridized carbons (Fsp3) is 0.227. The van der Waals surface area contributed by atoms with Crippen molar-refractivity contribution in [2.45, 2.75) is 13.8 Å². The lowest BCUT2D eigenvalue weighted by Gasteiger charge is -2.12. The summed E-state index contributed by atoms with van der Waals surface area (Å²) in [5.74, 6) is 2.25. The summed E-state index contributed by atoms with van der Waals surface area (Å²) in [6.07, 6.45) is 3.53. The van der Waals surface area contributed by atoms with Gasteiger partial charge in [0.2, 0.25) is 0 Å². The summed E-state index contributed by atoms with van der Waals surface area (Å²) in [6, 6.07) is 11.2. The summed E-state index contributed by atoms with van der Waals surface area (Å²) < 4.78 is 22.9. The number of ether oxygens (including phenoxy) is 4. The second-order valence-corrected chi connectivity index (χ2v) is 7.08. The van der Waals surface area contributed by atoms with Crippen molar-refractivity contribution in [3.63, 3.8) is 0 Å². The summed E-state index contributed by atoms with van der Waals surface area (Å²) in [5.41, 5.74) is 2.13. The van der Waals surface area contributed by atoms with Crippen LogP contribution in [0.5, 0.6) is 17.2 Å². The monoisotopic (exact) mass is 492 g/mol. The first-order valence-corrected chi connectivity index (χ1v) is 10.0. The van der Waals surface area contributed by atoms with Crippen LogP contribution in [0, 0.1) is 3.57 Å². The van der Waals surface area contributed by atoms with E-state index in [4.69, 9.17) is 18.9 Å². The molecule has 3 rings (SSSR count). The van der Waals surface area contributed by atoms with Gasteiger partial charge in [-0.2, -0.15) is 0 Å². The third-order valence-corrected chi connectivity index (χ3v) is 4.84. The molecule has 0 aromatic heterocycles. The van der Waals surface area contributed by atoms with Crippen molar-refractivity contribution >= 4 is 40.4 Å². The van der Waals surface area contributed by atoms with E-state index < -0.39 is 0 Å². The summed E-state index contributed by atoms with van der Waals surface area (Å²) >= 11 is 2.20. The number of carbonyl (C=O) groups is 1. The van der Waals surface area contributed by atoms with Gasteiger partial charge in [-0.05, 0) is 90.6 Å². The first-order chi connectivity index (χ1) is 13.5. The molecule has 0 unspecified atom stereocenters. The quantitative estimate of drug-likeness (QED) is 0.307. The lowest BCUT2D eigenvalue weighted by atomic mass is 10.1. The van der Waals surface area contributed by atoms with Crippen LogP contribution in [0.4, 0.5) is 0 Å². The van der Waals surface area contributed by atoms with E-state index >= 15 is 0 Å². The highest BCUT2D eigenvalue weighted by Gasteiger charge is 2.22. The van der Waals surface area contributed by atoms with Crippen molar-refractivity contribution in [2.75, 3.05) is 20.3 Å². The molecule has 1 aliphatic heterocycles. The van der Waals surface area contributed by atoms with E-state index in [1.807, 2.05) is 50.2 Å². The first-order valence-electron chi connectivity index (χ1n) is 8.94. The van der Waals surface area contributed by atoms with Gasteiger partial charge in [-0.3, -0.25) is 0 Å². The Kier molecular flexibility index (Phi) is 6.61. The Morgan fingerprint density at radius 2 is 1.79 bits per heavy atom. The number of rotatable bonds is 7. The number of halogens is 1. The Balaban J connectivity index is 1.89. The van der Waals surface area contributed by atoms with E-state index in [1.54, 1.807) is 19.3 Å². The average Bonchev–Trinajstić information content (AvgIpc) is 3.05. The van der Waals surface area contributed by atoms with E-state index in [0.717, 1.165) is 20.4 Å². The highest BCUT2D eigenvalue weighted by atomic mass is 127. The number of hydrogen-bond acceptors (Lipinski definition) is 5. The van der Waals surface area contributed by atoms with E-state index in [-0.39, 0.29) is 5.97 Å². The predicted molar refractivity (Wildman–Crippen MR) is 117 cm³/mol. The van der Waals surface area contributed by atoms with Crippen LogP contribution in [0.1, 0.15) is 25.0 Å². The molecule has 0 bridgehead atoms. The Bertz CT molecular complexity index is 929. The minimum absolute atomic E-state index is 0.383. The SMILES string of the molecule is CCOc1ccc(C2=C/C(=C\c3cc(I)c(OCC)c(OC)c3)C(=O)O2)cc1. The van der Waals surface area contributed by atoms with E-state index in [0.29, 0.717) is 36.0 Å². The molecular weight excluding hydrogens is 471 g/mol. The lowest BCUT2D eigenvalue weighted by Crippen LogP contribution is -1.99. The molecule has 1 aliphatic rings. The van der Waals surface area contributed by atoms with Gasteiger partial charge in [0.25, 0.3) is 0 Å². The third kappa shape index (κ3) is 4.49. The van der Waals surface area contributed by atoms with Gasteiger partial charge < -0.3 is 18.9 Å². The first kappa shape index (κ1) is 20.3. The molecule has 146 valence electrons. The normalized spacial score (nSPS) is 14.6. The molecule has 28 heavy (non-hydrogen) atoms. The average molecular weight is 492 g/mol. The number of cyclic esters (lactones) is 1. The van der Waals surface area contributed by atoms with Gasteiger partial charge in [0.15, 0.2) is 11.5 Å². The van der Waals surface area contributed by atoms with Crippen molar-refractivity contribution in [3.05, 3.63) is 62.7 Å². The summed E-state index contributed by atoms with van der Waals surface area (Å²) in [4.78, 5) is 12.3. The predicted octanol–water partition coefficient (Wildman–Crippen LogP) is 5.08. The second kappa shape index (κ2) is 9.14. The van der Waals surface area contributed by atoms with Crippen LogP contribution in [0.15, 0.2) is 48.0 Å². The number of benzene rings is 2. The molecule has 6 heteroatoms. The molecule has 0 radical (unpaired) electrons. The Labute approximate surface area is 178 Å². The minimum atomic E-state index is -0.383. The van der Waals surface area contributed by atoms with E-state index in [2.05, 4.69) is 22.6 Å². The zero-order valence-corrected chi connectivity index (χ0v) is 18.1. The molecule has 0 aliphatic carbocycles. The molecule has 0 saturated carbocycles. The number of hydrogen-bond donors (Lipinski definition) is 0. The van der Waals surface area contributed by atoms with Gasteiger partial charge in [0, 0.05) is 5.56 Å². The van der Waals surface area contributed by atoms with Gasteiger partial charge in [0.05, 0.1) is 29.5 Å². The van der Waals surface area contributed by atoms with Gasteiger partial charge >= 0.3 is 5.97 Å². The molecule has 0 fully saturated rings. The molecule has 5 nitrogen and oxygen atoms in total. The maximum atomic E-state index is 12.3. The van der Waals surface area contributed by atoms with Crippen molar-refractivity contribution in [3.8, 4) is 17.2 Å². The van der Waals surface area contributed by atoms with Crippen LogP contribution in [-0.4, -0.2) is 26.3 Å². The summed E-state index contributed by atoms with van der Waals surface area (Å²) in [6.45, 7) is 5.01. The van der Waals surface area contributed by atoms with Crippen LogP contribution < -0.4 is 14.2 Å². The maximum Gasteiger partial charge on any atom is 0.343 e.